The van der Waals surface area contributed by atoms with Crippen molar-refractivity contribution >= 4 is 57.6 Å². The number of hydrogen-bond donors (Lipinski definition) is 0. The molecule has 0 saturated heterocycles. The third-order valence-electron chi connectivity index (χ3n) is 0. The molecule has 0 atom stereocenters. The first kappa shape index (κ1) is 11.7. The minimum absolute atomic E-state index is 0.423. The molecule has 0 aromatic heterocycles. The Morgan fingerprint density at radius 3 is 1.17 bits per heavy atom. The second-order valence-corrected chi connectivity index (χ2v) is 39.8. The van der Waals surface area contributed by atoms with Crippen LogP contribution in [0.2, 0.25) is 0 Å². The second kappa shape index (κ2) is 10.8. The molecule has 6 heavy (non-hydrogen) atoms. The van der Waals surface area contributed by atoms with Gasteiger partial charge >= 0.3 is 64.2 Å². The first-order chi connectivity index (χ1) is 2.73. The zero-order valence-corrected chi connectivity index (χ0v) is 11.4. The van der Waals surface area contributed by atoms with E-state index < -0.39 is 6.63 Å². The monoisotopic (exact) mass is 458 g/mol. The normalized spacial score (nSPS) is 5.50. The molecule has 0 fully saturated rings. The topological polar surface area (TPSA) is 0 Å². The van der Waals surface area contributed by atoms with E-state index in [0.717, 1.165) is 0 Å². The summed E-state index contributed by atoms with van der Waals surface area (Å²) in [6, 6.07) is 0. The summed E-state index contributed by atoms with van der Waals surface area (Å²) in [5.41, 5.74) is 0. The van der Waals surface area contributed by atoms with E-state index in [9.17, 15) is 0 Å². The summed E-state index contributed by atoms with van der Waals surface area (Å²) in [4.78, 5) is 0. The van der Waals surface area contributed by atoms with Crippen LogP contribution in [-0.4, -0.2) is 0 Å². The van der Waals surface area contributed by atoms with Crippen LogP contribution in [0.5, 0.6) is 0 Å². The molecule has 0 aromatic rings. The second-order valence-electron chi connectivity index (χ2n) is 0.214. The standard InChI is InChI=1S/C2H5.3HI.Ti/c1-2;;;;/h1H2,2H3;3*1H;/q-1;;;;+4/p-3. The van der Waals surface area contributed by atoms with Crippen molar-refractivity contribution in [2.45, 2.75) is 6.92 Å². The Bertz CT molecular complexity index is 13.5. The minimum atomic E-state index is -0.423. The zero-order chi connectivity index (χ0) is 5.58. The van der Waals surface area contributed by atoms with Gasteiger partial charge in [-0.3, -0.25) is 0 Å². The summed E-state index contributed by atoms with van der Waals surface area (Å²) in [5, 5.41) is 0. The van der Waals surface area contributed by atoms with E-state index in [0.29, 0.717) is 0 Å². The van der Waals surface area contributed by atoms with Crippen LogP contribution in [0.3, 0.4) is 0 Å². The SMILES string of the molecule is [CH2-]C.[I][Ti+]([I])[I]. The van der Waals surface area contributed by atoms with Crippen molar-refractivity contribution in [3.8, 4) is 0 Å². The van der Waals surface area contributed by atoms with E-state index in [1.54, 1.807) is 6.92 Å². The molecule has 0 aliphatic rings. The average molecular weight is 458 g/mol. The third-order valence-corrected chi connectivity index (χ3v) is 0. The molecule has 0 nitrogen and oxygen atoms in total. The molecule has 0 aliphatic heterocycles. The van der Waals surface area contributed by atoms with Crippen LogP contribution in [0, 0.1) is 6.92 Å². The Balaban J connectivity index is 0. The van der Waals surface area contributed by atoms with Gasteiger partial charge in [0.05, 0.1) is 0 Å². The maximum atomic E-state index is 3.25. The fourth-order valence-corrected chi connectivity index (χ4v) is 0. The molecule has 0 spiro atoms. The van der Waals surface area contributed by atoms with Crippen molar-refractivity contribution in [3.05, 3.63) is 6.92 Å². The van der Waals surface area contributed by atoms with Gasteiger partial charge in [0.2, 0.25) is 0 Å². The first-order valence-corrected chi connectivity index (χ1v) is 16.4. The Kier molecular flexibility index (Phi) is 21.0. The van der Waals surface area contributed by atoms with E-state index in [1.807, 2.05) is 0 Å². The average Bonchev–Trinajstić information content (AvgIpc) is 1.41. The van der Waals surface area contributed by atoms with Crippen LogP contribution in [0.15, 0.2) is 0 Å². The molecular formula is C2H5I3Ti. The van der Waals surface area contributed by atoms with Crippen molar-refractivity contribution in [3.63, 3.8) is 0 Å². The van der Waals surface area contributed by atoms with Gasteiger partial charge in [0.25, 0.3) is 0 Å². The van der Waals surface area contributed by atoms with Gasteiger partial charge in [-0.05, 0) is 0 Å². The number of rotatable bonds is 0. The Morgan fingerprint density at radius 1 is 1.17 bits per heavy atom. The molecule has 0 saturated carbocycles. The number of hydrogen-bond acceptors (Lipinski definition) is 0. The molecule has 38 valence electrons. The Hall–Kier alpha value is 2.90. The van der Waals surface area contributed by atoms with E-state index in [1.165, 1.54) is 0 Å². The van der Waals surface area contributed by atoms with E-state index in [-0.39, 0.29) is 0 Å². The van der Waals surface area contributed by atoms with Gasteiger partial charge in [0.15, 0.2) is 0 Å². The van der Waals surface area contributed by atoms with Crippen LogP contribution >= 0.6 is 57.6 Å². The van der Waals surface area contributed by atoms with Gasteiger partial charge in [0, 0.05) is 0 Å². The summed E-state index contributed by atoms with van der Waals surface area (Å²) in [6.45, 7) is 4.58. The van der Waals surface area contributed by atoms with Gasteiger partial charge in [-0.1, -0.05) is 0 Å². The van der Waals surface area contributed by atoms with Crippen LogP contribution in [-0.2, 0) is 6.63 Å². The molecule has 0 aromatic carbocycles. The maximum absolute atomic E-state index is 3.25. The van der Waals surface area contributed by atoms with E-state index in [4.69, 9.17) is 0 Å². The predicted molar refractivity (Wildman–Crippen MR) is 53.1 cm³/mol. The Labute approximate surface area is 76.1 Å². The van der Waals surface area contributed by atoms with Crippen molar-refractivity contribution in [1.82, 2.24) is 0 Å². The van der Waals surface area contributed by atoms with Gasteiger partial charge in [-0.25, -0.2) is 0 Å². The van der Waals surface area contributed by atoms with Crippen molar-refractivity contribution in [1.29, 1.82) is 0 Å². The fraction of sp³-hybridized carbons (Fsp3) is 0.500. The summed E-state index contributed by atoms with van der Waals surface area (Å²) >= 11 is 7.45. The van der Waals surface area contributed by atoms with Crippen LogP contribution in [0.1, 0.15) is 6.92 Å². The molecule has 0 N–H and O–H groups in total. The van der Waals surface area contributed by atoms with Crippen molar-refractivity contribution in [2.75, 3.05) is 0 Å². The molecular weight excluding hydrogens is 453 g/mol. The fourth-order valence-electron chi connectivity index (χ4n) is 0. The molecule has 0 heterocycles. The van der Waals surface area contributed by atoms with Gasteiger partial charge in [0.1, 0.15) is 0 Å². The summed E-state index contributed by atoms with van der Waals surface area (Å²) < 4.78 is 0. The van der Waals surface area contributed by atoms with E-state index >= 15 is 0 Å². The molecule has 0 amide bonds. The third kappa shape index (κ3) is 28.5. The van der Waals surface area contributed by atoms with Crippen LogP contribution in [0.25, 0.3) is 0 Å². The van der Waals surface area contributed by atoms with Gasteiger partial charge < -0.3 is 6.92 Å². The molecule has 0 rings (SSSR count). The molecule has 0 bridgehead atoms. The number of halogens is 3. The first-order valence-electron chi connectivity index (χ1n) is 1.27. The quantitative estimate of drug-likeness (QED) is 0.297. The molecule has 0 unspecified atom stereocenters. The molecule has 0 radical (unpaired) electrons. The van der Waals surface area contributed by atoms with Gasteiger partial charge in [-0.2, -0.15) is 6.92 Å². The molecule has 0 aliphatic carbocycles. The van der Waals surface area contributed by atoms with Gasteiger partial charge in [-0.15, -0.1) is 0 Å². The predicted octanol–water partition coefficient (Wildman–Crippen LogP) is 3.49. The summed E-state index contributed by atoms with van der Waals surface area (Å²) in [6.07, 6.45) is 0. The summed E-state index contributed by atoms with van der Waals surface area (Å²) in [7, 11) is 0. The van der Waals surface area contributed by atoms with Crippen molar-refractivity contribution < 1.29 is 6.63 Å². The van der Waals surface area contributed by atoms with Crippen LogP contribution < -0.4 is 0 Å². The zero-order valence-electron chi connectivity index (χ0n) is 3.34. The molecule has 4 heteroatoms. The van der Waals surface area contributed by atoms with Crippen LogP contribution in [0.4, 0.5) is 0 Å². The summed E-state index contributed by atoms with van der Waals surface area (Å²) in [5.74, 6) is 0. The Morgan fingerprint density at radius 2 is 1.17 bits per heavy atom. The van der Waals surface area contributed by atoms with Crippen molar-refractivity contribution in [2.24, 2.45) is 0 Å². The van der Waals surface area contributed by atoms with E-state index in [2.05, 4.69) is 64.5 Å².